The van der Waals surface area contributed by atoms with Gasteiger partial charge in [0.15, 0.2) is 5.13 Å². The first-order valence-electron chi connectivity index (χ1n) is 5.60. The third kappa shape index (κ3) is 2.36. The van der Waals surface area contributed by atoms with E-state index in [2.05, 4.69) is 34.7 Å². The molecule has 1 aromatic heterocycles. The molecule has 0 atom stereocenters. The third-order valence-corrected chi connectivity index (χ3v) is 4.90. The molecule has 0 amide bonds. The Hall–Kier alpha value is -0.0900. The Kier molecular flexibility index (Phi) is 3.67. The molecule has 2 nitrogen and oxygen atoms in total. The predicted molar refractivity (Wildman–Crippen MR) is 70.3 cm³/mol. The average molecular weight is 289 g/mol. The molecule has 1 saturated carbocycles. The van der Waals surface area contributed by atoms with Crippen molar-refractivity contribution in [3.8, 4) is 0 Å². The van der Waals surface area contributed by atoms with E-state index < -0.39 is 0 Å². The third-order valence-electron chi connectivity index (χ3n) is 2.84. The Balaban J connectivity index is 2.24. The quantitative estimate of drug-likeness (QED) is 0.767. The van der Waals surface area contributed by atoms with Crippen LogP contribution in [-0.4, -0.2) is 18.1 Å². The Morgan fingerprint density at radius 1 is 1.40 bits per heavy atom. The van der Waals surface area contributed by atoms with Gasteiger partial charge in [-0.05, 0) is 26.7 Å². The van der Waals surface area contributed by atoms with Gasteiger partial charge in [-0.25, -0.2) is 4.98 Å². The molecule has 0 spiro atoms. The SMILES string of the molecule is CCN(CC)c1nc(C2CC2)c(CBr)s1. The smallest absolute Gasteiger partial charge is 0.185 e. The van der Waals surface area contributed by atoms with E-state index in [-0.39, 0.29) is 0 Å². The maximum atomic E-state index is 4.80. The molecular weight excluding hydrogens is 272 g/mol. The van der Waals surface area contributed by atoms with Crippen LogP contribution in [0.4, 0.5) is 5.13 Å². The van der Waals surface area contributed by atoms with Crippen molar-refractivity contribution in [1.29, 1.82) is 0 Å². The zero-order chi connectivity index (χ0) is 10.8. The monoisotopic (exact) mass is 288 g/mol. The highest BCUT2D eigenvalue weighted by Gasteiger charge is 2.29. The molecular formula is C11H17BrN2S. The molecule has 1 heterocycles. The van der Waals surface area contributed by atoms with Crippen LogP contribution >= 0.6 is 27.3 Å². The van der Waals surface area contributed by atoms with E-state index in [4.69, 9.17) is 4.98 Å². The van der Waals surface area contributed by atoms with Gasteiger partial charge in [0.1, 0.15) is 0 Å². The van der Waals surface area contributed by atoms with Crippen LogP contribution in [0.2, 0.25) is 0 Å². The predicted octanol–water partition coefficient (Wildman–Crippen LogP) is 3.76. The van der Waals surface area contributed by atoms with Gasteiger partial charge in [0.2, 0.25) is 0 Å². The summed E-state index contributed by atoms with van der Waals surface area (Å²) in [5, 5.41) is 2.16. The van der Waals surface area contributed by atoms with Crippen LogP contribution < -0.4 is 4.90 Å². The van der Waals surface area contributed by atoms with Crippen LogP contribution in [0.25, 0.3) is 0 Å². The van der Waals surface area contributed by atoms with Crippen LogP contribution in [0, 0.1) is 0 Å². The lowest BCUT2D eigenvalue weighted by Gasteiger charge is -2.16. The molecule has 2 rings (SSSR count). The minimum absolute atomic E-state index is 0.762. The number of alkyl halides is 1. The molecule has 0 radical (unpaired) electrons. The van der Waals surface area contributed by atoms with Crippen LogP contribution in [0.15, 0.2) is 0 Å². The molecule has 4 heteroatoms. The summed E-state index contributed by atoms with van der Waals surface area (Å²) in [7, 11) is 0. The van der Waals surface area contributed by atoms with Crippen LogP contribution in [0.5, 0.6) is 0 Å². The minimum atomic E-state index is 0.762. The van der Waals surface area contributed by atoms with Gasteiger partial charge in [-0.3, -0.25) is 0 Å². The molecule has 15 heavy (non-hydrogen) atoms. The number of halogens is 1. The number of hydrogen-bond donors (Lipinski definition) is 0. The molecule has 0 saturated heterocycles. The second kappa shape index (κ2) is 4.83. The topological polar surface area (TPSA) is 16.1 Å². The zero-order valence-electron chi connectivity index (χ0n) is 9.29. The fourth-order valence-electron chi connectivity index (χ4n) is 1.75. The lowest BCUT2D eigenvalue weighted by atomic mass is 10.3. The van der Waals surface area contributed by atoms with Crippen molar-refractivity contribution in [3.63, 3.8) is 0 Å². The summed E-state index contributed by atoms with van der Waals surface area (Å²) in [6.45, 7) is 6.48. The molecule has 0 bridgehead atoms. The lowest BCUT2D eigenvalue weighted by molar-refractivity contribution is 0.852. The summed E-state index contributed by atoms with van der Waals surface area (Å²) in [6.07, 6.45) is 2.67. The Morgan fingerprint density at radius 2 is 2.07 bits per heavy atom. The summed E-state index contributed by atoms with van der Waals surface area (Å²) >= 11 is 5.42. The van der Waals surface area contributed by atoms with Gasteiger partial charge in [0, 0.05) is 29.2 Å². The number of thiazole rings is 1. The van der Waals surface area contributed by atoms with Gasteiger partial charge >= 0.3 is 0 Å². The summed E-state index contributed by atoms with van der Waals surface area (Å²) in [4.78, 5) is 8.57. The number of aromatic nitrogens is 1. The summed E-state index contributed by atoms with van der Waals surface area (Å²) in [5.74, 6) is 0.762. The normalized spacial score (nSPS) is 15.7. The largest absolute Gasteiger partial charge is 0.349 e. The van der Waals surface area contributed by atoms with Crippen LogP contribution in [0.1, 0.15) is 43.2 Å². The molecule has 0 aliphatic heterocycles. The highest BCUT2D eigenvalue weighted by atomic mass is 79.9. The number of rotatable bonds is 5. The molecule has 0 N–H and O–H groups in total. The van der Waals surface area contributed by atoms with Gasteiger partial charge in [-0.15, -0.1) is 11.3 Å². The van der Waals surface area contributed by atoms with Crippen molar-refractivity contribution >= 4 is 32.4 Å². The minimum Gasteiger partial charge on any atom is -0.349 e. The fraction of sp³-hybridized carbons (Fsp3) is 0.727. The van der Waals surface area contributed by atoms with Crippen molar-refractivity contribution in [2.45, 2.75) is 37.9 Å². The second-order valence-corrected chi connectivity index (χ2v) is 5.51. The maximum Gasteiger partial charge on any atom is 0.185 e. The number of anilines is 1. The van der Waals surface area contributed by atoms with Crippen molar-refractivity contribution in [2.24, 2.45) is 0 Å². The first kappa shape index (κ1) is 11.4. The van der Waals surface area contributed by atoms with Crippen molar-refractivity contribution in [2.75, 3.05) is 18.0 Å². The summed E-state index contributed by atoms with van der Waals surface area (Å²) in [5.41, 5.74) is 1.36. The molecule has 0 aromatic carbocycles. The zero-order valence-corrected chi connectivity index (χ0v) is 11.7. The Labute approximate surface area is 104 Å². The Bertz CT molecular complexity index is 329. The van der Waals surface area contributed by atoms with E-state index in [9.17, 15) is 0 Å². The molecule has 84 valence electrons. The van der Waals surface area contributed by atoms with Gasteiger partial charge in [-0.2, -0.15) is 0 Å². The molecule has 0 unspecified atom stereocenters. The fourth-order valence-corrected chi connectivity index (χ4v) is 3.51. The molecule has 1 aromatic rings. The highest BCUT2D eigenvalue weighted by molar-refractivity contribution is 9.08. The molecule has 1 aliphatic rings. The van der Waals surface area contributed by atoms with Crippen molar-refractivity contribution in [3.05, 3.63) is 10.6 Å². The van der Waals surface area contributed by atoms with Gasteiger partial charge in [0.05, 0.1) is 5.69 Å². The second-order valence-electron chi connectivity index (χ2n) is 3.89. The van der Waals surface area contributed by atoms with E-state index in [1.807, 2.05) is 11.3 Å². The van der Waals surface area contributed by atoms with Crippen LogP contribution in [0.3, 0.4) is 0 Å². The van der Waals surface area contributed by atoms with E-state index in [1.165, 1.54) is 28.5 Å². The maximum absolute atomic E-state index is 4.80. The van der Waals surface area contributed by atoms with Gasteiger partial charge in [0.25, 0.3) is 0 Å². The first-order valence-corrected chi connectivity index (χ1v) is 7.54. The van der Waals surface area contributed by atoms with E-state index >= 15 is 0 Å². The molecule has 1 fully saturated rings. The van der Waals surface area contributed by atoms with Crippen LogP contribution in [-0.2, 0) is 5.33 Å². The number of nitrogens with zero attached hydrogens (tertiary/aromatic N) is 2. The summed E-state index contributed by atoms with van der Waals surface area (Å²) in [6, 6.07) is 0. The van der Waals surface area contributed by atoms with Gasteiger partial charge < -0.3 is 4.90 Å². The van der Waals surface area contributed by atoms with Crippen molar-refractivity contribution in [1.82, 2.24) is 4.98 Å². The summed E-state index contributed by atoms with van der Waals surface area (Å²) < 4.78 is 0. The number of hydrogen-bond acceptors (Lipinski definition) is 3. The first-order chi connectivity index (χ1) is 7.30. The standard InChI is InChI=1S/C11H17BrN2S/c1-3-14(4-2)11-13-10(8-5-6-8)9(7-12)15-11/h8H,3-7H2,1-2H3. The average Bonchev–Trinajstić information content (AvgIpc) is 3.01. The Morgan fingerprint density at radius 3 is 2.53 bits per heavy atom. The molecule has 1 aliphatic carbocycles. The van der Waals surface area contributed by atoms with E-state index in [0.29, 0.717) is 0 Å². The lowest BCUT2D eigenvalue weighted by Crippen LogP contribution is -2.21. The van der Waals surface area contributed by atoms with E-state index in [1.54, 1.807) is 0 Å². The van der Waals surface area contributed by atoms with Gasteiger partial charge in [-0.1, -0.05) is 15.9 Å². The van der Waals surface area contributed by atoms with E-state index in [0.717, 1.165) is 24.3 Å². The highest BCUT2D eigenvalue weighted by Crippen LogP contribution is 2.44. The van der Waals surface area contributed by atoms with Crippen molar-refractivity contribution < 1.29 is 0 Å².